The molecule has 2 rings (SSSR count). The van der Waals surface area contributed by atoms with E-state index in [0.29, 0.717) is 17.3 Å². The van der Waals surface area contributed by atoms with Crippen LogP contribution >= 0.6 is 11.6 Å². The maximum atomic E-state index is 5.90. The van der Waals surface area contributed by atoms with Gasteiger partial charge in [0.05, 0.1) is 17.9 Å². The molecule has 1 atom stereocenters. The van der Waals surface area contributed by atoms with E-state index in [1.165, 1.54) is 6.26 Å². The first-order valence-electron chi connectivity index (χ1n) is 4.92. The minimum atomic E-state index is -0.247. The van der Waals surface area contributed by atoms with E-state index in [1.807, 2.05) is 13.8 Å². The Kier molecular flexibility index (Phi) is 2.98. The second-order valence-electron chi connectivity index (χ2n) is 3.84. The van der Waals surface area contributed by atoms with Gasteiger partial charge in [-0.1, -0.05) is 19.0 Å². The lowest BCUT2D eigenvalue weighted by molar-refractivity contribution is 0.399. The van der Waals surface area contributed by atoms with Crippen LogP contribution in [0.3, 0.4) is 0 Å². The van der Waals surface area contributed by atoms with Crippen molar-refractivity contribution in [3.8, 4) is 11.5 Å². The lowest BCUT2D eigenvalue weighted by Gasteiger charge is -2.09. The molecule has 2 N–H and O–H groups in total. The fraction of sp³-hybridized carbons (Fsp3) is 0.400. The predicted molar refractivity (Wildman–Crippen MR) is 58.8 cm³/mol. The standard InChI is InChI=1S/C10H12ClN3O2/c1-5(2)7(12)9-13-10(16-14-9)6-3-4-15-8(6)11/h3-5,7H,12H2,1-2H3. The molecule has 2 aromatic heterocycles. The second-order valence-corrected chi connectivity index (χ2v) is 4.18. The van der Waals surface area contributed by atoms with Crippen molar-refractivity contribution in [2.24, 2.45) is 11.7 Å². The Labute approximate surface area is 97.6 Å². The molecule has 0 aromatic carbocycles. The lowest BCUT2D eigenvalue weighted by Crippen LogP contribution is -2.18. The molecule has 0 spiro atoms. The Hall–Kier alpha value is -1.33. The summed E-state index contributed by atoms with van der Waals surface area (Å²) in [4.78, 5) is 4.19. The lowest BCUT2D eigenvalue weighted by atomic mass is 10.1. The van der Waals surface area contributed by atoms with Gasteiger partial charge in [-0.25, -0.2) is 0 Å². The van der Waals surface area contributed by atoms with E-state index >= 15 is 0 Å². The van der Waals surface area contributed by atoms with Gasteiger partial charge in [0.2, 0.25) is 5.22 Å². The van der Waals surface area contributed by atoms with Crippen molar-refractivity contribution in [1.82, 2.24) is 10.1 Å². The van der Waals surface area contributed by atoms with E-state index in [1.54, 1.807) is 6.07 Å². The number of nitrogens with two attached hydrogens (primary N) is 1. The number of furan rings is 1. The molecule has 0 aliphatic rings. The molecule has 16 heavy (non-hydrogen) atoms. The molecule has 0 amide bonds. The summed E-state index contributed by atoms with van der Waals surface area (Å²) in [7, 11) is 0. The summed E-state index contributed by atoms with van der Waals surface area (Å²) < 4.78 is 10.0. The fourth-order valence-corrected chi connectivity index (χ4v) is 1.42. The third kappa shape index (κ3) is 1.96. The fourth-order valence-electron chi connectivity index (χ4n) is 1.22. The first kappa shape index (κ1) is 11.2. The molecule has 0 saturated heterocycles. The number of hydrogen-bond acceptors (Lipinski definition) is 5. The quantitative estimate of drug-likeness (QED) is 0.894. The van der Waals surface area contributed by atoms with Crippen molar-refractivity contribution in [2.75, 3.05) is 0 Å². The van der Waals surface area contributed by atoms with Crippen molar-refractivity contribution in [1.29, 1.82) is 0 Å². The van der Waals surface area contributed by atoms with E-state index < -0.39 is 0 Å². The first-order chi connectivity index (χ1) is 7.59. The van der Waals surface area contributed by atoms with Crippen molar-refractivity contribution >= 4 is 11.6 Å². The highest BCUT2D eigenvalue weighted by molar-refractivity contribution is 6.31. The zero-order valence-corrected chi connectivity index (χ0v) is 9.73. The highest BCUT2D eigenvalue weighted by atomic mass is 35.5. The van der Waals surface area contributed by atoms with E-state index in [0.717, 1.165) is 0 Å². The van der Waals surface area contributed by atoms with Crippen LogP contribution in [0.25, 0.3) is 11.5 Å². The van der Waals surface area contributed by atoms with Gasteiger partial charge in [0.15, 0.2) is 5.82 Å². The summed E-state index contributed by atoms with van der Waals surface area (Å²) in [5.41, 5.74) is 6.48. The van der Waals surface area contributed by atoms with Crippen LogP contribution < -0.4 is 5.73 Å². The van der Waals surface area contributed by atoms with Crippen LogP contribution in [-0.2, 0) is 0 Å². The van der Waals surface area contributed by atoms with Crippen molar-refractivity contribution < 1.29 is 8.94 Å². The number of rotatable bonds is 3. The van der Waals surface area contributed by atoms with E-state index in [2.05, 4.69) is 10.1 Å². The summed E-state index contributed by atoms with van der Waals surface area (Å²) in [6, 6.07) is 1.42. The molecular weight excluding hydrogens is 230 g/mol. The Morgan fingerprint density at radius 3 is 2.75 bits per heavy atom. The molecule has 0 fully saturated rings. The molecule has 1 unspecified atom stereocenters. The molecule has 5 nitrogen and oxygen atoms in total. The van der Waals surface area contributed by atoms with Gasteiger partial charge in [0.1, 0.15) is 0 Å². The van der Waals surface area contributed by atoms with Gasteiger partial charge in [0.25, 0.3) is 5.89 Å². The van der Waals surface area contributed by atoms with E-state index in [9.17, 15) is 0 Å². The van der Waals surface area contributed by atoms with Crippen LogP contribution in [0.2, 0.25) is 5.22 Å². The van der Waals surface area contributed by atoms with Gasteiger partial charge in [-0.2, -0.15) is 4.98 Å². The number of halogens is 1. The van der Waals surface area contributed by atoms with Crippen LogP contribution in [0.4, 0.5) is 0 Å². The highest BCUT2D eigenvalue weighted by Gasteiger charge is 2.20. The predicted octanol–water partition coefficient (Wildman–Crippen LogP) is 2.64. The maximum absolute atomic E-state index is 5.90. The smallest absolute Gasteiger partial charge is 0.262 e. The Balaban J connectivity index is 2.30. The van der Waals surface area contributed by atoms with Crippen LogP contribution in [0.5, 0.6) is 0 Å². The molecule has 2 aromatic rings. The molecule has 0 aliphatic heterocycles. The third-order valence-electron chi connectivity index (χ3n) is 2.31. The molecule has 0 bridgehead atoms. The third-order valence-corrected chi connectivity index (χ3v) is 2.60. The summed E-state index contributed by atoms with van der Waals surface area (Å²) in [6.07, 6.45) is 1.46. The highest BCUT2D eigenvalue weighted by Crippen LogP contribution is 2.28. The van der Waals surface area contributed by atoms with Crippen LogP contribution in [0.15, 0.2) is 21.3 Å². The molecule has 0 radical (unpaired) electrons. The zero-order chi connectivity index (χ0) is 11.7. The Bertz CT molecular complexity index is 478. The summed E-state index contributed by atoms with van der Waals surface area (Å²) >= 11 is 5.80. The average molecular weight is 242 g/mol. The molecule has 86 valence electrons. The minimum Gasteiger partial charge on any atom is -0.452 e. The molecule has 2 heterocycles. The van der Waals surface area contributed by atoms with Crippen LogP contribution in [-0.4, -0.2) is 10.1 Å². The number of hydrogen-bond donors (Lipinski definition) is 1. The summed E-state index contributed by atoms with van der Waals surface area (Å²) in [5.74, 6) is 1.04. The Morgan fingerprint density at radius 2 is 2.19 bits per heavy atom. The van der Waals surface area contributed by atoms with Gasteiger partial charge < -0.3 is 14.7 Å². The molecular formula is C10H12ClN3O2. The largest absolute Gasteiger partial charge is 0.452 e. The topological polar surface area (TPSA) is 78.1 Å². The van der Waals surface area contributed by atoms with Crippen LogP contribution in [0, 0.1) is 5.92 Å². The minimum absolute atomic E-state index is 0.230. The maximum Gasteiger partial charge on any atom is 0.262 e. The number of aromatic nitrogens is 2. The monoisotopic (exact) mass is 241 g/mol. The normalized spacial score (nSPS) is 13.3. The van der Waals surface area contributed by atoms with Gasteiger partial charge in [0, 0.05) is 0 Å². The van der Waals surface area contributed by atoms with Gasteiger partial charge in [-0.05, 0) is 23.6 Å². The molecule has 6 heteroatoms. The molecule has 0 saturated carbocycles. The second kappa shape index (κ2) is 4.27. The van der Waals surface area contributed by atoms with E-state index in [-0.39, 0.29) is 17.2 Å². The number of nitrogens with zero attached hydrogens (tertiary/aromatic N) is 2. The molecule has 0 aliphatic carbocycles. The van der Waals surface area contributed by atoms with Crippen molar-refractivity contribution in [3.63, 3.8) is 0 Å². The Morgan fingerprint density at radius 1 is 1.44 bits per heavy atom. The van der Waals surface area contributed by atoms with E-state index in [4.69, 9.17) is 26.3 Å². The van der Waals surface area contributed by atoms with Gasteiger partial charge in [-0.3, -0.25) is 0 Å². The summed E-state index contributed by atoms with van der Waals surface area (Å²) in [5, 5.41) is 4.05. The average Bonchev–Trinajstić information content (AvgIpc) is 2.84. The van der Waals surface area contributed by atoms with Crippen LogP contribution in [0.1, 0.15) is 25.7 Å². The van der Waals surface area contributed by atoms with Gasteiger partial charge >= 0.3 is 0 Å². The first-order valence-corrected chi connectivity index (χ1v) is 5.30. The summed E-state index contributed by atoms with van der Waals surface area (Å²) in [6.45, 7) is 3.98. The van der Waals surface area contributed by atoms with Crippen molar-refractivity contribution in [3.05, 3.63) is 23.4 Å². The van der Waals surface area contributed by atoms with Crippen molar-refractivity contribution in [2.45, 2.75) is 19.9 Å². The zero-order valence-electron chi connectivity index (χ0n) is 8.98. The van der Waals surface area contributed by atoms with Gasteiger partial charge in [-0.15, -0.1) is 0 Å². The SMILES string of the molecule is CC(C)C(N)c1noc(-c2ccoc2Cl)n1.